The molecule has 2 N–H and O–H groups in total. The second-order valence-electron chi connectivity index (χ2n) is 7.04. The Hall–Kier alpha value is -0.770. The van der Waals surface area contributed by atoms with Gasteiger partial charge in [0.25, 0.3) is 0 Å². The summed E-state index contributed by atoms with van der Waals surface area (Å²) in [5.41, 5.74) is -0.164. The minimum absolute atomic E-state index is 0.164. The summed E-state index contributed by atoms with van der Waals surface area (Å²) in [6.45, 7) is 5.93. The molecule has 0 aromatic heterocycles. The van der Waals surface area contributed by atoms with Gasteiger partial charge in [0.05, 0.1) is 5.60 Å². The van der Waals surface area contributed by atoms with Crippen LogP contribution in [0.15, 0.2) is 4.99 Å². The van der Waals surface area contributed by atoms with Crippen LogP contribution in [-0.2, 0) is 4.74 Å². The molecule has 3 atom stereocenters. The molecule has 2 aliphatic rings. The van der Waals surface area contributed by atoms with E-state index in [1.165, 1.54) is 32.1 Å². The molecular formula is C16H31N3O. The number of rotatable bonds is 6. The Labute approximate surface area is 123 Å². The van der Waals surface area contributed by atoms with Crippen LogP contribution in [0, 0.1) is 17.8 Å². The van der Waals surface area contributed by atoms with Crippen molar-refractivity contribution in [3.05, 3.63) is 0 Å². The first kappa shape index (κ1) is 15.6. The number of aliphatic imine (C=N–C) groups is 1. The third-order valence-corrected chi connectivity index (χ3v) is 5.15. The molecule has 2 bridgehead atoms. The molecule has 116 valence electrons. The topological polar surface area (TPSA) is 45.7 Å². The van der Waals surface area contributed by atoms with Gasteiger partial charge in [-0.25, -0.2) is 0 Å². The van der Waals surface area contributed by atoms with Crippen molar-refractivity contribution in [2.45, 2.75) is 51.6 Å². The molecule has 4 nitrogen and oxygen atoms in total. The maximum absolute atomic E-state index is 5.41. The summed E-state index contributed by atoms with van der Waals surface area (Å²) in [4.78, 5) is 4.28. The zero-order chi connectivity index (χ0) is 14.6. The lowest BCUT2D eigenvalue weighted by atomic mass is 9.86. The van der Waals surface area contributed by atoms with Gasteiger partial charge in [-0.05, 0) is 57.3 Å². The van der Waals surface area contributed by atoms with Crippen LogP contribution in [0.2, 0.25) is 0 Å². The van der Waals surface area contributed by atoms with E-state index >= 15 is 0 Å². The SMILES string of the molecule is CN=C(NCCC1CC2CCC1C2)NCC(C)(C)OC. The van der Waals surface area contributed by atoms with E-state index in [1.807, 2.05) is 7.05 Å². The summed E-state index contributed by atoms with van der Waals surface area (Å²) in [5, 5.41) is 6.77. The average molecular weight is 281 g/mol. The van der Waals surface area contributed by atoms with E-state index < -0.39 is 0 Å². The van der Waals surface area contributed by atoms with E-state index in [1.54, 1.807) is 7.11 Å². The third kappa shape index (κ3) is 4.11. The Balaban J connectivity index is 1.64. The van der Waals surface area contributed by atoms with E-state index in [-0.39, 0.29) is 5.60 Å². The average Bonchev–Trinajstić information content (AvgIpc) is 3.05. The molecule has 2 aliphatic carbocycles. The zero-order valence-electron chi connectivity index (χ0n) is 13.5. The van der Waals surface area contributed by atoms with Gasteiger partial charge in [0, 0.05) is 27.2 Å². The van der Waals surface area contributed by atoms with Crippen LogP contribution in [0.3, 0.4) is 0 Å². The number of hydrogen-bond donors (Lipinski definition) is 2. The standard InChI is InChI=1S/C16H31N3O/c1-16(2,20-4)11-19-15(17-3)18-8-7-14-10-12-5-6-13(14)9-12/h12-14H,5-11H2,1-4H3,(H2,17,18,19). The smallest absolute Gasteiger partial charge is 0.191 e. The summed E-state index contributed by atoms with van der Waals surface area (Å²) in [5.74, 6) is 3.90. The number of methoxy groups -OCH3 is 1. The fourth-order valence-corrected chi connectivity index (χ4v) is 3.70. The minimum Gasteiger partial charge on any atom is -0.377 e. The molecule has 2 saturated carbocycles. The van der Waals surface area contributed by atoms with Crippen LogP contribution in [0.4, 0.5) is 0 Å². The number of nitrogens with one attached hydrogen (secondary N) is 2. The summed E-state index contributed by atoms with van der Waals surface area (Å²) >= 11 is 0. The fourth-order valence-electron chi connectivity index (χ4n) is 3.70. The Bertz CT molecular complexity index is 341. The van der Waals surface area contributed by atoms with Gasteiger partial charge in [-0.2, -0.15) is 0 Å². The highest BCUT2D eigenvalue weighted by Gasteiger charge is 2.38. The van der Waals surface area contributed by atoms with Crippen molar-refractivity contribution >= 4 is 5.96 Å². The van der Waals surface area contributed by atoms with Crippen molar-refractivity contribution in [3.8, 4) is 0 Å². The molecule has 0 spiro atoms. The molecule has 3 unspecified atom stereocenters. The van der Waals surface area contributed by atoms with Gasteiger partial charge >= 0.3 is 0 Å². The molecular weight excluding hydrogens is 250 g/mol. The predicted molar refractivity (Wildman–Crippen MR) is 84.0 cm³/mol. The minimum atomic E-state index is -0.164. The van der Waals surface area contributed by atoms with Crippen molar-refractivity contribution in [1.82, 2.24) is 10.6 Å². The lowest BCUT2D eigenvalue weighted by molar-refractivity contribution is 0.0268. The molecule has 0 aliphatic heterocycles. The van der Waals surface area contributed by atoms with Gasteiger partial charge in [0.15, 0.2) is 5.96 Å². The maximum Gasteiger partial charge on any atom is 0.191 e. The van der Waals surface area contributed by atoms with Gasteiger partial charge in [-0.15, -0.1) is 0 Å². The Kier molecular flexibility index (Phi) is 5.30. The molecule has 0 radical (unpaired) electrons. The van der Waals surface area contributed by atoms with Crippen LogP contribution in [0.5, 0.6) is 0 Å². The monoisotopic (exact) mass is 281 g/mol. The second-order valence-corrected chi connectivity index (χ2v) is 7.04. The first-order valence-corrected chi connectivity index (χ1v) is 8.03. The number of nitrogens with zero attached hydrogens (tertiary/aromatic N) is 1. The number of ether oxygens (including phenoxy) is 1. The molecule has 2 fully saturated rings. The van der Waals surface area contributed by atoms with E-state index in [4.69, 9.17) is 4.74 Å². The van der Waals surface area contributed by atoms with Crippen molar-refractivity contribution < 1.29 is 4.74 Å². The summed E-state index contributed by atoms with van der Waals surface area (Å²) in [7, 11) is 3.57. The molecule has 0 aromatic carbocycles. The number of guanidine groups is 1. The zero-order valence-corrected chi connectivity index (χ0v) is 13.5. The van der Waals surface area contributed by atoms with Crippen molar-refractivity contribution in [2.75, 3.05) is 27.2 Å². The first-order valence-electron chi connectivity index (χ1n) is 8.03. The van der Waals surface area contributed by atoms with Crippen molar-refractivity contribution in [2.24, 2.45) is 22.7 Å². The largest absolute Gasteiger partial charge is 0.377 e. The quantitative estimate of drug-likeness (QED) is 0.580. The Morgan fingerprint density at radius 1 is 1.25 bits per heavy atom. The highest BCUT2D eigenvalue weighted by Crippen LogP contribution is 2.49. The molecule has 0 heterocycles. The van der Waals surface area contributed by atoms with Gasteiger partial charge in [-0.3, -0.25) is 4.99 Å². The normalized spacial score (nSPS) is 29.8. The highest BCUT2D eigenvalue weighted by atomic mass is 16.5. The lowest BCUT2D eigenvalue weighted by Crippen LogP contribution is -2.45. The Morgan fingerprint density at radius 2 is 2.05 bits per heavy atom. The van der Waals surface area contributed by atoms with Gasteiger partial charge < -0.3 is 15.4 Å². The molecule has 0 amide bonds. The summed E-state index contributed by atoms with van der Waals surface area (Å²) < 4.78 is 5.41. The van der Waals surface area contributed by atoms with Crippen LogP contribution in [0.1, 0.15) is 46.0 Å². The molecule has 0 saturated heterocycles. The van der Waals surface area contributed by atoms with Crippen molar-refractivity contribution in [3.63, 3.8) is 0 Å². The molecule has 20 heavy (non-hydrogen) atoms. The fraction of sp³-hybridized carbons (Fsp3) is 0.938. The molecule has 0 aromatic rings. The van der Waals surface area contributed by atoms with Crippen LogP contribution in [0.25, 0.3) is 0 Å². The van der Waals surface area contributed by atoms with Gasteiger partial charge in [0.1, 0.15) is 0 Å². The van der Waals surface area contributed by atoms with Crippen LogP contribution in [-0.4, -0.2) is 38.8 Å². The van der Waals surface area contributed by atoms with Crippen LogP contribution < -0.4 is 10.6 Å². The molecule has 2 rings (SSSR count). The summed E-state index contributed by atoms with van der Waals surface area (Å²) in [6.07, 6.45) is 7.22. The lowest BCUT2D eigenvalue weighted by Gasteiger charge is -2.25. The number of hydrogen-bond acceptors (Lipinski definition) is 2. The maximum atomic E-state index is 5.41. The van der Waals surface area contributed by atoms with E-state index in [9.17, 15) is 0 Å². The van der Waals surface area contributed by atoms with E-state index in [2.05, 4.69) is 29.5 Å². The number of fused-ring (bicyclic) bond motifs is 2. The molecule has 4 heteroatoms. The van der Waals surface area contributed by atoms with Crippen LogP contribution >= 0.6 is 0 Å². The van der Waals surface area contributed by atoms with Gasteiger partial charge in [0.2, 0.25) is 0 Å². The first-order chi connectivity index (χ1) is 9.54. The third-order valence-electron chi connectivity index (χ3n) is 5.15. The highest BCUT2D eigenvalue weighted by molar-refractivity contribution is 5.79. The predicted octanol–water partition coefficient (Wildman–Crippen LogP) is 2.40. The van der Waals surface area contributed by atoms with E-state index in [0.717, 1.165) is 36.8 Å². The van der Waals surface area contributed by atoms with E-state index in [0.29, 0.717) is 0 Å². The second kappa shape index (κ2) is 6.79. The summed E-state index contributed by atoms with van der Waals surface area (Å²) in [6, 6.07) is 0. The van der Waals surface area contributed by atoms with Crippen molar-refractivity contribution in [1.29, 1.82) is 0 Å². The van der Waals surface area contributed by atoms with Gasteiger partial charge in [-0.1, -0.05) is 6.42 Å². The Morgan fingerprint density at radius 3 is 2.60 bits per heavy atom.